The second-order valence-corrected chi connectivity index (χ2v) is 10.7. The Bertz CT molecular complexity index is 1080. The molecule has 0 spiro atoms. The van der Waals surface area contributed by atoms with Gasteiger partial charge in [0.1, 0.15) is 11.7 Å². The first kappa shape index (κ1) is 23.6. The van der Waals surface area contributed by atoms with Crippen molar-refractivity contribution >= 4 is 23.5 Å². The minimum atomic E-state index is -5.69. The van der Waals surface area contributed by atoms with Gasteiger partial charge in [0.15, 0.2) is 6.23 Å². The molecule has 0 amide bonds. The lowest BCUT2D eigenvalue weighted by atomic mass is 9.98. The van der Waals surface area contributed by atoms with E-state index in [9.17, 15) is 28.2 Å². The van der Waals surface area contributed by atoms with Gasteiger partial charge in [-0.05, 0) is 0 Å². The van der Waals surface area contributed by atoms with E-state index in [1.807, 2.05) is 4.98 Å². The van der Waals surface area contributed by atoms with Gasteiger partial charge in [0.2, 0.25) is 0 Å². The fourth-order valence-corrected chi connectivity index (χ4v) is 6.00. The van der Waals surface area contributed by atoms with Crippen molar-refractivity contribution in [1.29, 1.82) is 0 Å². The number of phosphoric acid groups is 3. The van der Waals surface area contributed by atoms with Crippen LogP contribution in [0.2, 0.25) is 0 Å². The molecule has 0 saturated carbocycles. The molecule has 170 valence electrons. The van der Waals surface area contributed by atoms with Crippen molar-refractivity contribution in [2.24, 2.45) is 5.73 Å². The molecule has 2 saturated heterocycles. The van der Waals surface area contributed by atoms with E-state index in [0.29, 0.717) is 0 Å². The van der Waals surface area contributed by atoms with Crippen LogP contribution < -0.4 is 17.0 Å². The lowest BCUT2D eigenvalue weighted by Crippen LogP contribution is -2.49. The van der Waals surface area contributed by atoms with Gasteiger partial charge in [0.05, 0.1) is 19.3 Å². The molecule has 2 fully saturated rings. The van der Waals surface area contributed by atoms with Crippen molar-refractivity contribution in [3.05, 3.63) is 33.1 Å². The van der Waals surface area contributed by atoms with Gasteiger partial charge < -0.3 is 34.8 Å². The number of phosphoric ester groups is 1. The highest BCUT2D eigenvalue weighted by molar-refractivity contribution is 7.66. The normalized spacial score (nSPS) is 32.6. The molecular formula is C10H16N3O14P3. The molecule has 30 heavy (non-hydrogen) atoms. The Labute approximate surface area is 165 Å². The Morgan fingerprint density at radius 3 is 2.47 bits per heavy atom. The van der Waals surface area contributed by atoms with Crippen molar-refractivity contribution in [1.82, 2.24) is 9.55 Å². The van der Waals surface area contributed by atoms with Crippen LogP contribution in [0, 0.1) is 0 Å². The maximum absolute atomic E-state index is 12.0. The molecular weight excluding hydrogens is 479 g/mol. The molecule has 6 atom stereocenters. The van der Waals surface area contributed by atoms with Gasteiger partial charge in [-0.2, -0.15) is 8.62 Å². The Morgan fingerprint density at radius 1 is 1.20 bits per heavy atom. The number of nitrogens with two attached hydrogens (primary N) is 1. The van der Waals surface area contributed by atoms with Crippen LogP contribution in [-0.4, -0.2) is 60.1 Å². The first-order valence-electron chi connectivity index (χ1n) is 7.78. The van der Waals surface area contributed by atoms with Gasteiger partial charge in [0.25, 0.3) is 5.56 Å². The van der Waals surface area contributed by atoms with Crippen LogP contribution in [0.5, 0.6) is 0 Å². The standard InChI is InChI=1S/C10H16N3O14P3/c11-7-6-8(13-2-1-5(14)12-9(13)15)25-10(7,3-23-6)4-24-29(19,20)27-30(21,22)26-28(16,17)18/h1-2,6-8H,3-4,11H2,(H,19,20)(H,21,22)(H,12,14,15)(H2,16,17,18)/t6-,7+,8-,10-/m1/s1. The fourth-order valence-electron chi connectivity index (χ4n) is 2.93. The summed E-state index contributed by atoms with van der Waals surface area (Å²) in [5.41, 5.74) is 2.91. The van der Waals surface area contributed by atoms with Crippen molar-refractivity contribution in [3.63, 3.8) is 0 Å². The number of nitrogens with one attached hydrogen (secondary N) is 1. The summed E-state index contributed by atoms with van der Waals surface area (Å²) in [5.74, 6) is 0. The number of fused-ring (bicyclic) bond motifs is 2. The van der Waals surface area contributed by atoms with Crippen LogP contribution >= 0.6 is 23.5 Å². The molecule has 2 aliphatic heterocycles. The maximum atomic E-state index is 12.0. The minimum absolute atomic E-state index is 0.261. The predicted molar refractivity (Wildman–Crippen MR) is 91.7 cm³/mol. The molecule has 3 heterocycles. The van der Waals surface area contributed by atoms with E-state index < -0.39 is 65.3 Å². The zero-order valence-electron chi connectivity index (χ0n) is 14.5. The second-order valence-electron chi connectivity index (χ2n) is 6.26. The summed E-state index contributed by atoms with van der Waals surface area (Å²) in [6.45, 7) is -1.10. The highest BCUT2D eigenvalue weighted by Gasteiger charge is 2.61. The van der Waals surface area contributed by atoms with Crippen LogP contribution in [-0.2, 0) is 36.3 Å². The molecule has 20 heteroatoms. The summed E-state index contributed by atoms with van der Waals surface area (Å²) in [6, 6.07) is 0.0368. The predicted octanol–water partition coefficient (Wildman–Crippen LogP) is -2.13. The van der Waals surface area contributed by atoms with Gasteiger partial charge in [-0.15, -0.1) is 0 Å². The number of hydrogen-bond acceptors (Lipinski definition) is 11. The van der Waals surface area contributed by atoms with Crippen LogP contribution in [0.1, 0.15) is 6.23 Å². The fraction of sp³-hybridized carbons (Fsp3) is 0.600. The van der Waals surface area contributed by atoms with E-state index in [2.05, 4.69) is 13.1 Å². The monoisotopic (exact) mass is 495 g/mol. The Kier molecular flexibility index (Phi) is 6.17. The van der Waals surface area contributed by atoms with E-state index in [-0.39, 0.29) is 6.61 Å². The van der Waals surface area contributed by atoms with Crippen molar-refractivity contribution < 1.29 is 55.9 Å². The van der Waals surface area contributed by atoms with E-state index in [0.717, 1.165) is 16.8 Å². The van der Waals surface area contributed by atoms with E-state index >= 15 is 0 Å². The van der Waals surface area contributed by atoms with Crippen molar-refractivity contribution in [2.45, 2.75) is 24.0 Å². The minimum Gasteiger partial charge on any atom is -0.369 e. The SMILES string of the molecule is N[C@H]1[C@H]2OC[C@]1(COP(=O)(O)OP(=O)(O)OP(=O)(O)O)O[C@H]2n1ccc(=O)[nH]c1=O. The van der Waals surface area contributed by atoms with Crippen LogP contribution in [0.15, 0.2) is 21.9 Å². The van der Waals surface area contributed by atoms with E-state index in [1.165, 1.54) is 0 Å². The summed E-state index contributed by atoms with van der Waals surface area (Å²) < 4.78 is 57.8. The van der Waals surface area contributed by atoms with Gasteiger partial charge in [-0.25, -0.2) is 18.5 Å². The van der Waals surface area contributed by atoms with Crippen molar-refractivity contribution in [2.75, 3.05) is 13.2 Å². The summed E-state index contributed by atoms with van der Waals surface area (Å²) in [5, 5.41) is 0. The first-order valence-corrected chi connectivity index (χ1v) is 12.3. The zero-order valence-corrected chi connectivity index (χ0v) is 17.2. The number of ether oxygens (including phenoxy) is 2. The molecule has 2 aliphatic rings. The number of H-pyrrole nitrogens is 1. The lowest BCUT2D eigenvalue weighted by molar-refractivity contribution is -0.183. The Morgan fingerprint density at radius 2 is 1.87 bits per heavy atom. The Balaban J connectivity index is 1.73. The summed E-state index contributed by atoms with van der Waals surface area (Å²) >= 11 is 0. The molecule has 0 radical (unpaired) electrons. The summed E-state index contributed by atoms with van der Waals surface area (Å²) in [6.07, 6.45) is -0.931. The Hall–Kier alpha value is -1.03. The average Bonchev–Trinajstić information content (AvgIpc) is 3.00. The lowest BCUT2D eigenvalue weighted by Gasteiger charge is -2.31. The molecule has 17 nitrogen and oxygen atoms in total. The number of aromatic nitrogens is 2. The average molecular weight is 495 g/mol. The quantitative estimate of drug-likeness (QED) is 0.211. The van der Waals surface area contributed by atoms with Gasteiger partial charge in [-0.1, -0.05) is 0 Å². The van der Waals surface area contributed by atoms with Crippen LogP contribution in [0.25, 0.3) is 0 Å². The number of hydrogen-bond donors (Lipinski definition) is 6. The molecule has 2 unspecified atom stereocenters. The summed E-state index contributed by atoms with van der Waals surface area (Å²) in [7, 11) is -16.6. The molecule has 3 rings (SSSR count). The van der Waals surface area contributed by atoms with Crippen LogP contribution in [0.4, 0.5) is 0 Å². The largest absolute Gasteiger partial charge is 0.490 e. The zero-order chi connectivity index (χ0) is 22.5. The number of rotatable bonds is 8. The van der Waals surface area contributed by atoms with E-state index in [4.69, 9.17) is 29.9 Å². The van der Waals surface area contributed by atoms with Crippen LogP contribution in [0.3, 0.4) is 0 Å². The molecule has 2 bridgehead atoms. The first-order chi connectivity index (χ1) is 13.6. The van der Waals surface area contributed by atoms with Gasteiger partial charge in [-0.3, -0.25) is 18.9 Å². The number of aromatic amines is 1. The molecule has 0 aromatic carbocycles. The second kappa shape index (κ2) is 7.83. The molecule has 7 N–H and O–H groups in total. The van der Waals surface area contributed by atoms with Gasteiger partial charge >= 0.3 is 29.2 Å². The maximum Gasteiger partial charge on any atom is 0.490 e. The molecule has 0 aliphatic carbocycles. The molecule has 1 aromatic rings. The third-order valence-corrected chi connectivity index (χ3v) is 7.91. The third-order valence-electron chi connectivity index (χ3n) is 4.13. The van der Waals surface area contributed by atoms with Gasteiger partial charge in [0, 0.05) is 12.3 Å². The summed E-state index contributed by atoms with van der Waals surface area (Å²) in [4.78, 5) is 60.9. The smallest absolute Gasteiger partial charge is 0.369 e. The number of nitrogens with zero attached hydrogens (tertiary/aromatic N) is 1. The van der Waals surface area contributed by atoms with E-state index in [1.54, 1.807) is 0 Å². The topological polar surface area (TPSA) is 259 Å². The highest BCUT2D eigenvalue weighted by Crippen LogP contribution is 2.66. The van der Waals surface area contributed by atoms with Crippen molar-refractivity contribution in [3.8, 4) is 0 Å². The highest BCUT2D eigenvalue weighted by atomic mass is 31.3. The third kappa shape index (κ3) is 5.06. The molecule has 1 aromatic heterocycles.